The van der Waals surface area contributed by atoms with Gasteiger partial charge in [0.15, 0.2) is 0 Å². The molecular formula is C22H24FNO4. The third-order valence-electron chi connectivity index (χ3n) is 4.53. The van der Waals surface area contributed by atoms with Crippen molar-refractivity contribution in [1.29, 1.82) is 0 Å². The van der Waals surface area contributed by atoms with Gasteiger partial charge in [-0.15, -0.1) is 0 Å². The van der Waals surface area contributed by atoms with Crippen LogP contribution in [0.2, 0.25) is 0 Å². The second-order valence-electron chi connectivity index (χ2n) is 7.22. The lowest BCUT2D eigenvalue weighted by atomic mass is 10.0. The van der Waals surface area contributed by atoms with Crippen LogP contribution in [-0.4, -0.2) is 34.0 Å². The Morgan fingerprint density at radius 3 is 2.68 bits per heavy atom. The van der Waals surface area contributed by atoms with Crippen molar-refractivity contribution in [3.63, 3.8) is 0 Å². The third-order valence-corrected chi connectivity index (χ3v) is 4.53. The number of carboxylic acids is 1. The lowest BCUT2D eigenvalue weighted by Gasteiger charge is -2.14. The molecular weight excluding hydrogens is 361 g/mol. The van der Waals surface area contributed by atoms with Crippen LogP contribution in [-0.2, 0) is 13.0 Å². The second-order valence-corrected chi connectivity index (χ2v) is 7.22. The monoisotopic (exact) mass is 385 g/mol. The summed E-state index contributed by atoms with van der Waals surface area (Å²) in [5.41, 5.74) is 2.34. The number of nitrogens with zero attached hydrogens (tertiary/aromatic N) is 1. The third kappa shape index (κ3) is 4.17. The van der Waals surface area contributed by atoms with E-state index in [1.807, 2.05) is 30.7 Å². The minimum atomic E-state index is -1.02. The molecule has 0 amide bonds. The Labute approximate surface area is 163 Å². The zero-order valence-electron chi connectivity index (χ0n) is 16.0. The number of fused-ring (bicyclic) bond motifs is 1. The Morgan fingerprint density at radius 1 is 1.21 bits per heavy atom. The minimum Gasteiger partial charge on any atom is -0.493 e. The van der Waals surface area contributed by atoms with Gasteiger partial charge in [-0.2, -0.15) is 0 Å². The predicted octanol–water partition coefficient (Wildman–Crippen LogP) is 4.10. The van der Waals surface area contributed by atoms with Gasteiger partial charge < -0.3 is 19.5 Å². The Bertz CT molecular complexity index is 994. The molecule has 0 fully saturated rings. The molecule has 0 unspecified atom stereocenters. The summed E-state index contributed by atoms with van der Waals surface area (Å²) >= 11 is 0. The number of aromatic nitrogens is 1. The van der Waals surface area contributed by atoms with E-state index >= 15 is 0 Å². The highest BCUT2D eigenvalue weighted by Crippen LogP contribution is 2.29. The van der Waals surface area contributed by atoms with Gasteiger partial charge in [0.25, 0.3) is 0 Å². The molecule has 3 aromatic rings. The van der Waals surface area contributed by atoms with Gasteiger partial charge in [-0.1, -0.05) is 19.9 Å². The van der Waals surface area contributed by atoms with Crippen LogP contribution in [0.5, 0.6) is 5.75 Å². The lowest BCUT2D eigenvalue weighted by Crippen LogP contribution is -2.08. The van der Waals surface area contributed by atoms with Crippen LogP contribution in [0, 0.1) is 11.7 Å². The van der Waals surface area contributed by atoms with Gasteiger partial charge in [0, 0.05) is 29.3 Å². The Balaban J connectivity index is 2.07. The second kappa shape index (κ2) is 8.44. The highest BCUT2D eigenvalue weighted by molar-refractivity contribution is 6.04. The molecule has 5 nitrogen and oxygen atoms in total. The van der Waals surface area contributed by atoms with Crippen LogP contribution < -0.4 is 4.74 Å². The number of benzene rings is 2. The van der Waals surface area contributed by atoms with Gasteiger partial charge in [0.1, 0.15) is 11.6 Å². The zero-order chi connectivity index (χ0) is 20.3. The van der Waals surface area contributed by atoms with Crippen LogP contribution in [0.25, 0.3) is 10.9 Å². The fourth-order valence-corrected chi connectivity index (χ4v) is 3.31. The van der Waals surface area contributed by atoms with Crippen LogP contribution in [0.1, 0.15) is 35.3 Å². The maximum atomic E-state index is 13.9. The molecule has 0 aliphatic heterocycles. The molecule has 0 radical (unpaired) electrons. The van der Waals surface area contributed by atoms with Crippen molar-refractivity contribution in [2.75, 3.05) is 13.2 Å². The number of ether oxygens (including phenoxy) is 1. The average molecular weight is 385 g/mol. The fraction of sp³-hybridized carbons (Fsp3) is 0.318. The topological polar surface area (TPSA) is 71.7 Å². The number of carboxylic acid groups (broad SMARTS) is 1. The van der Waals surface area contributed by atoms with Crippen molar-refractivity contribution < 1.29 is 24.1 Å². The van der Waals surface area contributed by atoms with Crippen molar-refractivity contribution in [2.45, 2.75) is 26.8 Å². The van der Waals surface area contributed by atoms with E-state index in [4.69, 9.17) is 4.74 Å². The summed E-state index contributed by atoms with van der Waals surface area (Å²) in [7, 11) is 0. The summed E-state index contributed by atoms with van der Waals surface area (Å²) in [4.78, 5) is 11.6. The molecule has 148 valence electrons. The largest absolute Gasteiger partial charge is 0.493 e. The number of hydrogen-bond acceptors (Lipinski definition) is 3. The number of aliphatic hydroxyl groups is 1. The number of aliphatic hydroxyl groups excluding tert-OH is 1. The molecule has 1 heterocycles. The molecule has 28 heavy (non-hydrogen) atoms. The molecule has 6 heteroatoms. The quantitative estimate of drug-likeness (QED) is 0.612. The van der Waals surface area contributed by atoms with Gasteiger partial charge >= 0.3 is 5.97 Å². The fourth-order valence-electron chi connectivity index (χ4n) is 3.31. The highest BCUT2D eigenvalue weighted by Gasteiger charge is 2.17. The Morgan fingerprint density at radius 2 is 2.00 bits per heavy atom. The maximum Gasteiger partial charge on any atom is 0.336 e. The van der Waals surface area contributed by atoms with E-state index in [2.05, 4.69) is 0 Å². The van der Waals surface area contributed by atoms with Crippen LogP contribution in [0.4, 0.5) is 4.39 Å². The minimum absolute atomic E-state index is 0.0875. The normalized spacial score (nSPS) is 11.3. The molecule has 3 rings (SSSR count). The highest BCUT2D eigenvalue weighted by atomic mass is 19.1. The van der Waals surface area contributed by atoms with Crippen molar-refractivity contribution >= 4 is 16.9 Å². The first-order chi connectivity index (χ1) is 13.4. The van der Waals surface area contributed by atoms with Crippen LogP contribution >= 0.6 is 0 Å². The van der Waals surface area contributed by atoms with Gasteiger partial charge in [0.05, 0.1) is 18.7 Å². The SMILES string of the molecule is CC(C)COc1ccc(F)cc1Cn1cc(CCO)c2c(C(=O)O)cccc21. The van der Waals surface area contributed by atoms with E-state index in [-0.39, 0.29) is 18.0 Å². The molecule has 0 bridgehead atoms. The smallest absolute Gasteiger partial charge is 0.336 e. The van der Waals surface area contributed by atoms with Crippen LogP contribution in [0.3, 0.4) is 0 Å². The average Bonchev–Trinajstić information content (AvgIpc) is 2.99. The van der Waals surface area contributed by atoms with Gasteiger partial charge in [-0.3, -0.25) is 0 Å². The molecule has 0 saturated carbocycles. The van der Waals surface area contributed by atoms with Gasteiger partial charge in [-0.25, -0.2) is 9.18 Å². The van der Waals surface area contributed by atoms with Crippen molar-refractivity contribution in [2.24, 2.45) is 5.92 Å². The summed E-state index contributed by atoms with van der Waals surface area (Å²) in [6.45, 7) is 4.84. The molecule has 0 spiro atoms. The number of rotatable bonds is 8. The Kier molecular flexibility index (Phi) is 5.99. The summed E-state index contributed by atoms with van der Waals surface area (Å²) in [5.74, 6) is -0.436. The Hall–Kier alpha value is -2.86. The summed E-state index contributed by atoms with van der Waals surface area (Å²) in [6.07, 6.45) is 2.16. The standard InChI is InChI=1S/C22H24FNO4/c1-14(2)13-28-20-7-6-17(23)10-16(20)12-24-11-15(8-9-25)21-18(22(26)27)4-3-5-19(21)24/h3-7,10-11,14,25H,8-9,12-13H2,1-2H3,(H,26,27). The molecule has 1 aromatic heterocycles. The first-order valence-corrected chi connectivity index (χ1v) is 9.26. The number of halogens is 1. The van der Waals surface area contributed by atoms with Crippen molar-refractivity contribution in [3.05, 3.63) is 65.1 Å². The van der Waals surface area contributed by atoms with E-state index in [1.165, 1.54) is 12.1 Å². The predicted molar refractivity (Wildman–Crippen MR) is 106 cm³/mol. The van der Waals surface area contributed by atoms with Gasteiger partial charge in [0.2, 0.25) is 0 Å². The number of hydrogen-bond donors (Lipinski definition) is 2. The zero-order valence-corrected chi connectivity index (χ0v) is 16.0. The first kappa shape index (κ1) is 19.9. The number of aromatic carboxylic acids is 1. The number of carbonyl (C=O) groups is 1. The maximum absolute atomic E-state index is 13.9. The lowest BCUT2D eigenvalue weighted by molar-refractivity contribution is 0.0699. The summed E-state index contributed by atoms with van der Waals surface area (Å²) in [6, 6.07) is 9.50. The molecule has 0 aliphatic carbocycles. The van der Waals surface area contributed by atoms with E-state index in [9.17, 15) is 19.4 Å². The van der Waals surface area contributed by atoms with E-state index < -0.39 is 5.97 Å². The van der Waals surface area contributed by atoms with Crippen molar-refractivity contribution in [1.82, 2.24) is 4.57 Å². The summed E-state index contributed by atoms with van der Waals surface area (Å²) < 4.78 is 21.6. The molecule has 2 N–H and O–H groups in total. The van der Waals surface area contributed by atoms with Gasteiger partial charge in [-0.05, 0) is 48.2 Å². The van der Waals surface area contributed by atoms with Crippen LogP contribution in [0.15, 0.2) is 42.6 Å². The van der Waals surface area contributed by atoms with E-state index in [0.29, 0.717) is 42.2 Å². The van der Waals surface area contributed by atoms with Crippen molar-refractivity contribution in [3.8, 4) is 5.75 Å². The first-order valence-electron chi connectivity index (χ1n) is 9.26. The molecule has 0 saturated heterocycles. The summed E-state index contributed by atoms with van der Waals surface area (Å²) in [5, 5.41) is 19.5. The molecule has 2 aromatic carbocycles. The molecule has 0 atom stereocenters. The van der Waals surface area contributed by atoms with E-state index in [0.717, 1.165) is 11.1 Å². The van der Waals surface area contributed by atoms with E-state index in [1.54, 1.807) is 18.2 Å². The molecule has 0 aliphatic rings.